The number of imide groups is 1. The normalized spacial score (nSPS) is 17.7. The summed E-state index contributed by atoms with van der Waals surface area (Å²) in [6, 6.07) is 13.3. The molecule has 0 aliphatic carbocycles. The maximum absolute atomic E-state index is 13.7. The number of nitrogens with zero attached hydrogens (tertiary/aromatic N) is 3. The number of anilines is 1. The summed E-state index contributed by atoms with van der Waals surface area (Å²) in [5.74, 6) is -0.0762. The molecule has 2 aliphatic heterocycles. The van der Waals surface area contributed by atoms with Gasteiger partial charge >= 0.3 is 0 Å². The molecule has 4 rings (SSSR count). The van der Waals surface area contributed by atoms with Gasteiger partial charge in [0.2, 0.25) is 0 Å². The zero-order valence-electron chi connectivity index (χ0n) is 18.6. The SMILES string of the molecule is CCN1CCN(C2=C(c3ccc(C)cc3)C(=O)N(c3cc(C)ccc3OC)C2=O)CC1. The predicted octanol–water partition coefficient (Wildman–Crippen LogP) is 3.23. The number of hydrogen-bond donors (Lipinski definition) is 0. The molecular formula is C25H29N3O3. The minimum absolute atomic E-state index is 0.283. The zero-order valence-corrected chi connectivity index (χ0v) is 18.6. The van der Waals surface area contributed by atoms with Crippen LogP contribution in [-0.4, -0.2) is 61.4 Å². The third kappa shape index (κ3) is 3.83. The number of likely N-dealkylation sites (N-methyl/N-ethyl adjacent to an activating group) is 1. The van der Waals surface area contributed by atoms with Gasteiger partial charge in [0.25, 0.3) is 11.8 Å². The summed E-state index contributed by atoms with van der Waals surface area (Å²) in [5, 5.41) is 0. The molecule has 0 saturated carbocycles. The average molecular weight is 420 g/mol. The van der Waals surface area contributed by atoms with Gasteiger partial charge < -0.3 is 14.5 Å². The number of aryl methyl sites for hydroxylation is 2. The van der Waals surface area contributed by atoms with Crippen LogP contribution in [-0.2, 0) is 9.59 Å². The fourth-order valence-corrected chi connectivity index (χ4v) is 4.27. The van der Waals surface area contributed by atoms with Crippen LogP contribution in [0.25, 0.3) is 5.57 Å². The van der Waals surface area contributed by atoms with Gasteiger partial charge in [-0.3, -0.25) is 9.59 Å². The van der Waals surface area contributed by atoms with E-state index in [1.54, 1.807) is 13.2 Å². The van der Waals surface area contributed by atoms with Crippen molar-refractivity contribution in [3.63, 3.8) is 0 Å². The van der Waals surface area contributed by atoms with Crippen molar-refractivity contribution in [3.05, 3.63) is 64.9 Å². The smallest absolute Gasteiger partial charge is 0.282 e. The Morgan fingerprint density at radius 3 is 2.13 bits per heavy atom. The molecule has 2 aromatic carbocycles. The molecule has 0 N–H and O–H groups in total. The summed E-state index contributed by atoms with van der Waals surface area (Å²) >= 11 is 0. The number of carbonyl (C=O) groups excluding carboxylic acids is 2. The van der Waals surface area contributed by atoms with E-state index in [1.165, 1.54) is 4.90 Å². The van der Waals surface area contributed by atoms with Gasteiger partial charge in [-0.25, -0.2) is 4.90 Å². The highest BCUT2D eigenvalue weighted by molar-refractivity contribution is 6.45. The van der Waals surface area contributed by atoms with E-state index in [9.17, 15) is 9.59 Å². The van der Waals surface area contributed by atoms with Gasteiger partial charge in [0.15, 0.2) is 0 Å². The Morgan fingerprint density at radius 1 is 0.871 bits per heavy atom. The first-order chi connectivity index (χ1) is 14.9. The molecule has 6 nitrogen and oxygen atoms in total. The number of rotatable bonds is 5. The average Bonchev–Trinajstić information content (AvgIpc) is 3.04. The Kier molecular flexibility index (Phi) is 5.83. The molecule has 2 amide bonds. The van der Waals surface area contributed by atoms with Crippen molar-refractivity contribution in [3.8, 4) is 5.75 Å². The number of piperazine rings is 1. The Labute approximate surface area is 183 Å². The van der Waals surface area contributed by atoms with Crippen LogP contribution in [0.1, 0.15) is 23.6 Å². The van der Waals surface area contributed by atoms with E-state index >= 15 is 0 Å². The maximum atomic E-state index is 13.7. The molecule has 162 valence electrons. The van der Waals surface area contributed by atoms with Gasteiger partial charge in [-0.15, -0.1) is 0 Å². The highest BCUT2D eigenvalue weighted by Crippen LogP contribution is 2.39. The van der Waals surface area contributed by atoms with Crippen molar-refractivity contribution in [2.75, 3.05) is 44.7 Å². The Balaban J connectivity index is 1.81. The van der Waals surface area contributed by atoms with Gasteiger partial charge in [0, 0.05) is 26.2 Å². The Morgan fingerprint density at radius 2 is 1.52 bits per heavy atom. The highest BCUT2D eigenvalue weighted by Gasteiger charge is 2.44. The fraction of sp³-hybridized carbons (Fsp3) is 0.360. The maximum Gasteiger partial charge on any atom is 0.282 e. The largest absolute Gasteiger partial charge is 0.495 e. The molecule has 2 aromatic rings. The molecule has 0 unspecified atom stereocenters. The van der Waals surface area contributed by atoms with Crippen molar-refractivity contribution in [2.24, 2.45) is 0 Å². The fourth-order valence-electron chi connectivity index (χ4n) is 4.27. The molecule has 0 bridgehead atoms. The molecule has 2 aliphatic rings. The number of hydrogen-bond acceptors (Lipinski definition) is 5. The monoisotopic (exact) mass is 419 g/mol. The summed E-state index contributed by atoms with van der Waals surface area (Å²) in [4.78, 5) is 33.1. The molecule has 0 atom stereocenters. The Bertz CT molecular complexity index is 1030. The van der Waals surface area contributed by atoms with E-state index < -0.39 is 0 Å². The summed E-state index contributed by atoms with van der Waals surface area (Å²) in [7, 11) is 1.55. The third-order valence-electron chi connectivity index (χ3n) is 6.11. The second-order valence-corrected chi connectivity index (χ2v) is 8.13. The van der Waals surface area contributed by atoms with Crippen molar-refractivity contribution in [1.29, 1.82) is 0 Å². The minimum atomic E-state index is -0.300. The number of ether oxygens (including phenoxy) is 1. The minimum Gasteiger partial charge on any atom is -0.495 e. The number of carbonyl (C=O) groups is 2. The molecular weight excluding hydrogens is 390 g/mol. The molecule has 0 radical (unpaired) electrons. The van der Waals surface area contributed by atoms with Crippen LogP contribution < -0.4 is 9.64 Å². The lowest BCUT2D eigenvalue weighted by atomic mass is 10.0. The predicted molar refractivity (Wildman–Crippen MR) is 122 cm³/mol. The molecule has 6 heteroatoms. The van der Waals surface area contributed by atoms with Gasteiger partial charge in [0.1, 0.15) is 11.4 Å². The number of amides is 2. The van der Waals surface area contributed by atoms with Crippen LogP contribution in [0.4, 0.5) is 5.69 Å². The Hall–Kier alpha value is -3.12. The lowest BCUT2D eigenvalue weighted by molar-refractivity contribution is -0.120. The molecule has 2 heterocycles. The van der Waals surface area contributed by atoms with Gasteiger partial charge in [-0.1, -0.05) is 42.8 Å². The molecule has 1 fully saturated rings. The summed E-state index contributed by atoms with van der Waals surface area (Å²) in [5.41, 5.74) is 4.29. The van der Waals surface area contributed by atoms with Crippen LogP contribution >= 0.6 is 0 Å². The van der Waals surface area contributed by atoms with E-state index in [1.807, 2.05) is 50.2 Å². The quantitative estimate of drug-likeness (QED) is 0.697. The molecule has 31 heavy (non-hydrogen) atoms. The van der Waals surface area contributed by atoms with Crippen LogP contribution in [0, 0.1) is 13.8 Å². The topological polar surface area (TPSA) is 53.1 Å². The first kappa shape index (κ1) is 21.1. The third-order valence-corrected chi connectivity index (χ3v) is 6.11. The lowest BCUT2D eigenvalue weighted by Crippen LogP contribution is -2.47. The summed E-state index contributed by atoms with van der Waals surface area (Å²) in [6.45, 7) is 10.3. The summed E-state index contributed by atoms with van der Waals surface area (Å²) in [6.07, 6.45) is 0. The number of benzene rings is 2. The van der Waals surface area contributed by atoms with Crippen LogP contribution in [0.2, 0.25) is 0 Å². The molecule has 0 spiro atoms. The second-order valence-electron chi connectivity index (χ2n) is 8.13. The van der Waals surface area contributed by atoms with E-state index in [0.717, 1.165) is 49.4 Å². The lowest BCUT2D eigenvalue weighted by Gasteiger charge is -2.36. The van der Waals surface area contributed by atoms with Crippen LogP contribution in [0.15, 0.2) is 48.2 Å². The van der Waals surface area contributed by atoms with Gasteiger partial charge in [0.05, 0.1) is 18.4 Å². The van der Waals surface area contributed by atoms with Crippen molar-refractivity contribution >= 4 is 23.1 Å². The summed E-state index contributed by atoms with van der Waals surface area (Å²) < 4.78 is 5.49. The van der Waals surface area contributed by atoms with Gasteiger partial charge in [-0.05, 0) is 43.7 Å². The van der Waals surface area contributed by atoms with Crippen LogP contribution in [0.3, 0.4) is 0 Å². The van der Waals surface area contributed by atoms with Crippen LogP contribution in [0.5, 0.6) is 5.75 Å². The van der Waals surface area contributed by atoms with Gasteiger partial charge in [-0.2, -0.15) is 0 Å². The zero-order chi connectivity index (χ0) is 22.1. The standard InChI is InChI=1S/C25H29N3O3/c1-5-26-12-14-27(15-13-26)23-22(19-9-6-17(2)7-10-19)24(29)28(25(23)30)20-16-18(3)8-11-21(20)31-4/h6-11,16H,5,12-15H2,1-4H3. The highest BCUT2D eigenvalue weighted by atomic mass is 16.5. The first-order valence-corrected chi connectivity index (χ1v) is 10.8. The van der Waals surface area contributed by atoms with E-state index in [4.69, 9.17) is 4.74 Å². The number of methoxy groups -OCH3 is 1. The van der Waals surface area contributed by atoms with E-state index in [-0.39, 0.29) is 11.8 Å². The van der Waals surface area contributed by atoms with E-state index in [2.05, 4.69) is 16.7 Å². The van der Waals surface area contributed by atoms with Crippen molar-refractivity contribution in [2.45, 2.75) is 20.8 Å². The van der Waals surface area contributed by atoms with Crippen molar-refractivity contribution in [1.82, 2.24) is 9.80 Å². The molecule has 1 saturated heterocycles. The van der Waals surface area contributed by atoms with E-state index in [0.29, 0.717) is 22.7 Å². The molecule has 0 aromatic heterocycles. The first-order valence-electron chi connectivity index (χ1n) is 10.8. The second kappa shape index (κ2) is 8.55. The van der Waals surface area contributed by atoms with Crippen molar-refractivity contribution < 1.29 is 14.3 Å².